The van der Waals surface area contributed by atoms with E-state index in [-0.39, 0.29) is 60.1 Å². The van der Waals surface area contributed by atoms with Gasteiger partial charge in [-0.25, -0.2) is 0 Å². The minimum atomic E-state index is -1.09. The molecule has 1 N–H and O–H groups in total. The maximum Gasteiger partial charge on any atom is 0.306 e. The van der Waals surface area contributed by atoms with Crippen molar-refractivity contribution in [1.82, 2.24) is 4.90 Å². The zero-order valence-corrected chi connectivity index (χ0v) is 32.2. The number of esters is 1. The highest BCUT2D eigenvalue weighted by atomic mass is 16.7. The molecule has 3 heterocycles. The molecule has 3 rings (SSSR count). The van der Waals surface area contributed by atoms with E-state index < -0.39 is 49.1 Å². The van der Waals surface area contributed by atoms with Crippen LogP contribution in [0.2, 0.25) is 0 Å². The van der Waals surface area contributed by atoms with Crippen molar-refractivity contribution in [3.8, 4) is 0 Å². The van der Waals surface area contributed by atoms with Gasteiger partial charge in [0, 0.05) is 26.4 Å². The Bertz CT molecular complexity index is 1090. The number of methoxy groups -OCH3 is 1. The highest BCUT2D eigenvalue weighted by Gasteiger charge is 2.50. The lowest BCUT2D eigenvalue weighted by Gasteiger charge is -2.50. The lowest BCUT2D eigenvalue weighted by Crippen LogP contribution is -2.65. The van der Waals surface area contributed by atoms with Crippen LogP contribution >= 0.6 is 0 Å². The van der Waals surface area contributed by atoms with Crippen molar-refractivity contribution in [3.63, 3.8) is 0 Å². The third-order valence-electron chi connectivity index (χ3n) is 11.5. The maximum absolute atomic E-state index is 13.0. The minimum absolute atomic E-state index is 0.0220. The fourth-order valence-electron chi connectivity index (χ4n) is 7.78. The summed E-state index contributed by atoms with van der Waals surface area (Å²) in [4.78, 5) is 27.2. The number of carbonyl (C=O) groups excluding carboxylic acids is 2. The van der Waals surface area contributed by atoms with Gasteiger partial charge >= 0.3 is 5.97 Å². The Hall–Kier alpha value is -1.66. The first-order chi connectivity index (χ1) is 23.0. The van der Waals surface area contributed by atoms with Crippen molar-refractivity contribution in [2.75, 3.05) is 21.2 Å². The van der Waals surface area contributed by atoms with Gasteiger partial charge in [0.2, 0.25) is 0 Å². The molecule has 0 aromatic carbocycles. The molecule has 0 aromatic heterocycles. The number of likely N-dealkylation sites (N-methyl/N-ethyl adjacent to an activating group) is 1. The molecule has 2 fully saturated rings. The molecular weight excluding hydrogens is 626 g/mol. The molecule has 3 aliphatic heterocycles. The molecule has 282 valence electrons. The van der Waals surface area contributed by atoms with E-state index >= 15 is 0 Å². The normalized spacial score (nSPS) is 44.2. The van der Waals surface area contributed by atoms with Gasteiger partial charge in [-0.15, -0.1) is 0 Å². The second-order valence-electron chi connectivity index (χ2n) is 16.1. The summed E-state index contributed by atoms with van der Waals surface area (Å²) in [6.07, 6.45) is 6.43. The summed E-state index contributed by atoms with van der Waals surface area (Å²) in [6.45, 7) is 18.9. The molecule has 0 bridgehead atoms. The Morgan fingerprint density at radius 1 is 0.959 bits per heavy atom. The summed E-state index contributed by atoms with van der Waals surface area (Å²) in [5.74, 6) is -0.0977. The summed E-state index contributed by atoms with van der Waals surface area (Å²) >= 11 is 0. The van der Waals surface area contributed by atoms with Crippen LogP contribution in [0.4, 0.5) is 0 Å². The number of rotatable bonds is 8. The molecule has 0 aromatic rings. The average molecular weight is 694 g/mol. The van der Waals surface area contributed by atoms with E-state index in [2.05, 4.69) is 47.6 Å². The monoisotopic (exact) mass is 693 g/mol. The highest BCUT2D eigenvalue weighted by molar-refractivity contribution is 5.70. The predicted molar refractivity (Wildman–Crippen MR) is 190 cm³/mol. The van der Waals surface area contributed by atoms with Crippen LogP contribution in [0.5, 0.6) is 0 Å². The third-order valence-corrected chi connectivity index (χ3v) is 11.5. The van der Waals surface area contributed by atoms with Crippen LogP contribution in [0.15, 0.2) is 24.3 Å². The molecule has 0 aliphatic carbocycles. The predicted octanol–water partition coefficient (Wildman–Crippen LogP) is 5.95. The number of allylic oxidation sites excluding steroid dienone is 3. The zero-order valence-electron chi connectivity index (χ0n) is 32.2. The molecule has 3 aliphatic rings. The summed E-state index contributed by atoms with van der Waals surface area (Å²) in [6, 6.07) is -0.474. The van der Waals surface area contributed by atoms with Crippen LogP contribution in [0, 0.1) is 35.0 Å². The first-order valence-corrected chi connectivity index (χ1v) is 18.5. The molecule has 10 nitrogen and oxygen atoms in total. The van der Waals surface area contributed by atoms with Gasteiger partial charge in [0.15, 0.2) is 12.6 Å². The van der Waals surface area contributed by atoms with Crippen LogP contribution in [0.3, 0.4) is 0 Å². The van der Waals surface area contributed by atoms with Gasteiger partial charge in [0.1, 0.15) is 24.6 Å². The SMILES string of the molecule is CO[C@@H]1[C@@H](OC2OC(C)C(OC3CC(C)(C)C(C)C(C)O3)C(N(C)C)C2O)[C@@H](CC=O)C[C@@H](C)[C@@H](C)/C=C/C=C/C[C@@H](C)OC(=O)C[C@H]1C. The van der Waals surface area contributed by atoms with Gasteiger partial charge in [-0.05, 0) is 76.3 Å². The van der Waals surface area contributed by atoms with Crippen molar-refractivity contribution in [3.05, 3.63) is 24.3 Å². The van der Waals surface area contributed by atoms with E-state index in [1.165, 1.54) is 0 Å². The van der Waals surface area contributed by atoms with Gasteiger partial charge in [-0.1, -0.05) is 65.8 Å². The zero-order chi connectivity index (χ0) is 36.6. The van der Waals surface area contributed by atoms with Crippen molar-refractivity contribution in [1.29, 1.82) is 0 Å². The first kappa shape index (κ1) is 41.8. The lowest BCUT2D eigenvalue weighted by atomic mass is 9.73. The summed E-state index contributed by atoms with van der Waals surface area (Å²) < 4.78 is 38.1. The topological polar surface area (TPSA) is 113 Å². The number of hydrogen-bond acceptors (Lipinski definition) is 10. The smallest absolute Gasteiger partial charge is 0.306 e. The fraction of sp³-hybridized carbons (Fsp3) is 0.846. The minimum Gasteiger partial charge on any atom is -0.462 e. The van der Waals surface area contributed by atoms with Crippen LogP contribution in [-0.2, 0) is 38.0 Å². The van der Waals surface area contributed by atoms with E-state index in [9.17, 15) is 14.7 Å². The lowest BCUT2D eigenvalue weighted by molar-refractivity contribution is -0.337. The van der Waals surface area contributed by atoms with Crippen molar-refractivity contribution in [2.24, 2.45) is 35.0 Å². The van der Waals surface area contributed by atoms with Crippen LogP contribution in [0.1, 0.15) is 94.4 Å². The number of aliphatic hydroxyl groups excluding tert-OH is 1. The summed E-state index contributed by atoms with van der Waals surface area (Å²) in [5.41, 5.74) is 0.0220. The Morgan fingerprint density at radius 2 is 1.65 bits per heavy atom. The van der Waals surface area contributed by atoms with Crippen LogP contribution in [0.25, 0.3) is 0 Å². The summed E-state index contributed by atoms with van der Waals surface area (Å²) in [5, 5.41) is 12.0. The quantitative estimate of drug-likeness (QED) is 0.242. The third kappa shape index (κ3) is 11.2. The van der Waals surface area contributed by atoms with Gasteiger partial charge in [0.05, 0.1) is 36.9 Å². The molecule has 0 saturated carbocycles. The number of ether oxygens (including phenoxy) is 6. The molecule has 15 atom stereocenters. The standard InChI is InChI=1S/C39H67NO9/c1-23-16-14-13-15-17-26(4)45-31(42)21-25(3)35(44-12)37(30(18-19-41)20-24(23)2)49-38-34(43)33(40(10)11)36(29(7)47-38)48-32-22-39(8,9)27(5)28(6)46-32/h13-16,19,23-30,32-38,43H,17-18,20-22H2,1-12H3/b15-13+,16-14+/t23-,24+,25+,26+,27?,28?,29?,30-,32?,33?,34?,35-,36?,37-,38?/m0/s1. The van der Waals surface area contributed by atoms with Crippen LogP contribution in [-0.4, -0.2) is 105 Å². The molecule has 10 heteroatoms. The first-order valence-electron chi connectivity index (χ1n) is 18.5. The van der Waals surface area contributed by atoms with E-state index in [0.717, 1.165) is 12.7 Å². The van der Waals surface area contributed by atoms with E-state index in [4.69, 9.17) is 28.4 Å². The Kier molecular flexibility index (Phi) is 16.0. The fourth-order valence-corrected chi connectivity index (χ4v) is 7.78. The highest BCUT2D eigenvalue weighted by Crippen LogP contribution is 2.42. The molecule has 8 unspecified atom stereocenters. The number of nitrogens with zero attached hydrogens (tertiary/aromatic N) is 1. The Balaban J connectivity index is 1.94. The molecule has 2 saturated heterocycles. The van der Waals surface area contributed by atoms with Crippen molar-refractivity contribution < 1.29 is 43.1 Å². The van der Waals surface area contributed by atoms with E-state index in [1.807, 2.05) is 58.0 Å². The van der Waals surface area contributed by atoms with Crippen molar-refractivity contribution >= 4 is 12.3 Å². The second-order valence-corrected chi connectivity index (χ2v) is 16.1. The molecular formula is C39H67NO9. The number of cyclic esters (lactones) is 1. The molecule has 49 heavy (non-hydrogen) atoms. The Morgan fingerprint density at radius 3 is 2.27 bits per heavy atom. The molecule has 0 amide bonds. The van der Waals surface area contributed by atoms with E-state index in [1.54, 1.807) is 7.11 Å². The van der Waals surface area contributed by atoms with Gasteiger partial charge < -0.3 is 43.2 Å². The number of aliphatic hydroxyl groups is 1. The number of aldehydes is 1. The maximum atomic E-state index is 13.0. The molecule has 0 spiro atoms. The second kappa shape index (κ2) is 18.7. The average Bonchev–Trinajstić information content (AvgIpc) is 3.00. The molecule has 0 radical (unpaired) electrons. The van der Waals surface area contributed by atoms with Gasteiger partial charge in [-0.3, -0.25) is 4.79 Å². The van der Waals surface area contributed by atoms with Crippen LogP contribution < -0.4 is 0 Å². The van der Waals surface area contributed by atoms with Gasteiger partial charge in [0.25, 0.3) is 0 Å². The summed E-state index contributed by atoms with van der Waals surface area (Å²) in [7, 11) is 5.42. The van der Waals surface area contributed by atoms with E-state index in [0.29, 0.717) is 18.8 Å². The largest absolute Gasteiger partial charge is 0.462 e. The van der Waals surface area contributed by atoms with Gasteiger partial charge in [-0.2, -0.15) is 0 Å². The Labute approximate surface area is 296 Å². The van der Waals surface area contributed by atoms with Crippen molar-refractivity contribution in [2.45, 2.75) is 156 Å². The number of hydrogen-bond donors (Lipinski definition) is 1. The number of carbonyl (C=O) groups is 2.